The second kappa shape index (κ2) is 9.31. The maximum absolute atomic E-state index is 12.0. The molecular formula is C17H22N2O6. The number of primary amides is 1. The zero-order valence-electron chi connectivity index (χ0n) is 14.6. The van der Waals surface area contributed by atoms with E-state index in [-0.39, 0.29) is 5.92 Å². The van der Waals surface area contributed by atoms with E-state index in [1.165, 1.54) is 20.3 Å². The zero-order valence-corrected chi connectivity index (χ0v) is 14.6. The lowest BCUT2D eigenvalue weighted by molar-refractivity contribution is -0.153. The van der Waals surface area contributed by atoms with E-state index < -0.39 is 24.0 Å². The molecule has 0 fully saturated rings. The standard InChI is InChI=1S/C17H22N2O6/c1-10(2)15(16(21)19-17(18)22)25-14(20)8-6-11-5-7-12(23-3)9-13(11)24-4/h5-10,15H,1-4H3,(H3,18,19,21,22)/b8-6+/t15-/m1/s1. The van der Waals surface area contributed by atoms with Crippen LogP contribution in [0, 0.1) is 5.92 Å². The molecule has 0 aliphatic rings. The summed E-state index contributed by atoms with van der Waals surface area (Å²) >= 11 is 0. The van der Waals surface area contributed by atoms with Crippen LogP contribution in [0.4, 0.5) is 4.79 Å². The van der Waals surface area contributed by atoms with Gasteiger partial charge in [0.1, 0.15) is 11.5 Å². The molecule has 1 rings (SSSR count). The Morgan fingerprint density at radius 1 is 1.16 bits per heavy atom. The van der Waals surface area contributed by atoms with Crippen LogP contribution in [0.25, 0.3) is 6.08 Å². The Balaban J connectivity index is 2.85. The minimum absolute atomic E-state index is 0.341. The first-order valence-electron chi connectivity index (χ1n) is 7.49. The predicted molar refractivity (Wildman–Crippen MR) is 91.0 cm³/mol. The lowest BCUT2D eigenvalue weighted by atomic mass is 10.1. The fraction of sp³-hybridized carbons (Fsp3) is 0.353. The largest absolute Gasteiger partial charge is 0.497 e. The highest BCUT2D eigenvalue weighted by atomic mass is 16.5. The molecule has 1 aromatic carbocycles. The van der Waals surface area contributed by atoms with E-state index in [0.717, 1.165) is 6.08 Å². The number of carbonyl (C=O) groups excluding carboxylic acids is 3. The quantitative estimate of drug-likeness (QED) is 0.568. The number of rotatable bonds is 7. The van der Waals surface area contributed by atoms with Gasteiger partial charge in [-0.25, -0.2) is 9.59 Å². The Morgan fingerprint density at radius 3 is 2.36 bits per heavy atom. The van der Waals surface area contributed by atoms with Crippen molar-refractivity contribution in [3.05, 3.63) is 29.8 Å². The molecular weight excluding hydrogens is 328 g/mol. The maximum Gasteiger partial charge on any atom is 0.331 e. The van der Waals surface area contributed by atoms with Crippen molar-refractivity contribution in [3.63, 3.8) is 0 Å². The smallest absolute Gasteiger partial charge is 0.331 e. The van der Waals surface area contributed by atoms with Crippen LogP contribution in [0.3, 0.4) is 0 Å². The fourth-order valence-electron chi connectivity index (χ4n) is 1.96. The van der Waals surface area contributed by atoms with Crippen molar-refractivity contribution in [2.45, 2.75) is 20.0 Å². The Labute approximate surface area is 145 Å². The van der Waals surface area contributed by atoms with Gasteiger partial charge in [-0.1, -0.05) is 13.8 Å². The van der Waals surface area contributed by atoms with Gasteiger partial charge in [-0.15, -0.1) is 0 Å². The molecule has 0 radical (unpaired) electrons. The van der Waals surface area contributed by atoms with Crippen LogP contribution in [-0.4, -0.2) is 38.2 Å². The number of nitrogens with two attached hydrogens (primary N) is 1. The van der Waals surface area contributed by atoms with E-state index in [2.05, 4.69) is 0 Å². The van der Waals surface area contributed by atoms with Gasteiger partial charge in [0.25, 0.3) is 5.91 Å². The molecule has 3 amide bonds. The van der Waals surface area contributed by atoms with Crippen LogP contribution in [0.1, 0.15) is 19.4 Å². The van der Waals surface area contributed by atoms with Gasteiger partial charge in [-0.3, -0.25) is 10.1 Å². The lowest BCUT2D eigenvalue weighted by Gasteiger charge is -2.18. The van der Waals surface area contributed by atoms with E-state index in [4.69, 9.17) is 19.9 Å². The highest BCUT2D eigenvalue weighted by Gasteiger charge is 2.26. The van der Waals surface area contributed by atoms with Gasteiger partial charge >= 0.3 is 12.0 Å². The van der Waals surface area contributed by atoms with Crippen molar-refractivity contribution >= 4 is 24.0 Å². The van der Waals surface area contributed by atoms with Crippen LogP contribution in [0.5, 0.6) is 11.5 Å². The fourth-order valence-corrected chi connectivity index (χ4v) is 1.96. The second-order valence-corrected chi connectivity index (χ2v) is 5.40. The summed E-state index contributed by atoms with van der Waals surface area (Å²) in [4.78, 5) is 34.6. The molecule has 0 bridgehead atoms. The van der Waals surface area contributed by atoms with Crippen LogP contribution in [0.2, 0.25) is 0 Å². The number of urea groups is 1. The van der Waals surface area contributed by atoms with Gasteiger partial charge < -0.3 is 19.9 Å². The van der Waals surface area contributed by atoms with E-state index >= 15 is 0 Å². The normalized spacial score (nSPS) is 11.9. The number of hydrogen-bond donors (Lipinski definition) is 2. The van der Waals surface area contributed by atoms with E-state index in [9.17, 15) is 14.4 Å². The summed E-state index contributed by atoms with van der Waals surface area (Å²) in [7, 11) is 3.03. The topological polar surface area (TPSA) is 117 Å². The first-order chi connectivity index (χ1) is 11.8. The third-order valence-electron chi connectivity index (χ3n) is 3.19. The Hall–Kier alpha value is -3.03. The minimum Gasteiger partial charge on any atom is -0.497 e. The van der Waals surface area contributed by atoms with Crippen molar-refractivity contribution in [2.75, 3.05) is 14.2 Å². The van der Waals surface area contributed by atoms with Gasteiger partial charge in [-0.2, -0.15) is 0 Å². The molecule has 0 aliphatic carbocycles. The average molecular weight is 350 g/mol. The van der Waals surface area contributed by atoms with Gasteiger partial charge in [0.15, 0.2) is 6.10 Å². The van der Waals surface area contributed by atoms with Gasteiger partial charge in [-0.05, 0) is 24.1 Å². The number of ether oxygens (including phenoxy) is 3. The lowest BCUT2D eigenvalue weighted by Crippen LogP contribution is -2.45. The van der Waals surface area contributed by atoms with Crippen molar-refractivity contribution in [1.29, 1.82) is 0 Å². The van der Waals surface area contributed by atoms with Crippen molar-refractivity contribution in [2.24, 2.45) is 11.7 Å². The third kappa shape index (κ3) is 6.17. The van der Waals surface area contributed by atoms with Crippen molar-refractivity contribution < 1.29 is 28.6 Å². The molecule has 0 aromatic heterocycles. The van der Waals surface area contributed by atoms with Crippen molar-refractivity contribution in [3.8, 4) is 11.5 Å². The van der Waals surface area contributed by atoms with E-state index in [1.807, 2.05) is 5.32 Å². The van der Waals surface area contributed by atoms with E-state index in [0.29, 0.717) is 17.1 Å². The highest BCUT2D eigenvalue weighted by molar-refractivity contribution is 5.97. The number of amides is 3. The van der Waals surface area contributed by atoms with Crippen LogP contribution in [-0.2, 0) is 14.3 Å². The molecule has 1 aromatic rings. The maximum atomic E-state index is 12.0. The Kier molecular flexibility index (Phi) is 7.45. The molecule has 136 valence electrons. The van der Waals surface area contributed by atoms with Crippen LogP contribution >= 0.6 is 0 Å². The molecule has 8 heteroatoms. The summed E-state index contributed by atoms with van der Waals surface area (Å²) in [5.74, 6) is -0.732. The summed E-state index contributed by atoms with van der Waals surface area (Å²) in [5, 5.41) is 1.90. The SMILES string of the molecule is COc1ccc(/C=C/C(=O)O[C@@H](C(=O)NC(N)=O)C(C)C)c(OC)c1. The van der Waals surface area contributed by atoms with Gasteiger partial charge in [0, 0.05) is 17.7 Å². The van der Waals surface area contributed by atoms with Gasteiger partial charge in [0.2, 0.25) is 0 Å². The second-order valence-electron chi connectivity index (χ2n) is 5.40. The number of carbonyl (C=O) groups is 3. The Morgan fingerprint density at radius 2 is 1.84 bits per heavy atom. The highest BCUT2D eigenvalue weighted by Crippen LogP contribution is 2.25. The zero-order chi connectivity index (χ0) is 19.0. The number of methoxy groups -OCH3 is 2. The minimum atomic E-state index is -1.14. The summed E-state index contributed by atoms with van der Waals surface area (Å²) in [6.45, 7) is 3.35. The monoisotopic (exact) mass is 350 g/mol. The summed E-state index contributed by atoms with van der Waals surface area (Å²) in [5.41, 5.74) is 5.53. The molecule has 0 saturated carbocycles. The molecule has 0 aliphatic heterocycles. The predicted octanol–water partition coefficient (Wildman–Crippen LogP) is 1.48. The summed E-state index contributed by atoms with van der Waals surface area (Å²) in [6.07, 6.45) is 1.52. The molecule has 0 heterocycles. The number of nitrogens with one attached hydrogen (secondary N) is 1. The number of imide groups is 1. The molecule has 0 unspecified atom stereocenters. The summed E-state index contributed by atoms with van der Waals surface area (Å²) in [6, 6.07) is 4.08. The van der Waals surface area contributed by atoms with E-state index in [1.54, 1.807) is 32.0 Å². The Bertz CT molecular complexity index is 669. The number of hydrogen-bond acceptors (Lipinski definition) is 6. The first kappa shape index (κ1) is 20.0. The van der Waals surface area contributed by atoms with Gasteiger partial charge in [0.05, 0.1) is 14.2 Å². The van der Waals surface area contributed by atoms with Crippen molar-refractivity contribution in [1.82, 2.24) is 5.32 Å². The number of esters is 1. The van der Waals surface area contributed by atoms with Crippen LogP contribution < -0.4 is 20.5 Å². The first-order valence-corrected chi connectivity index (χ1v) is 7.49. The van der Waals surface area contributed by atoms with Crippen LogP contribution in [0.15, 0.2) is 24.3 Å². The molecule has 3 N–H and O–H groups in total. The molecule has 1 atom stereocenters. The molecule has 8 nitrogen and oxygen atoms in total. The summed E-state index contributed by atoms with van der Waals surface area (Å²) < 4.78 is 15.4. The third-order valence-corrected chi connectivity index (χ3v) is 3.19. The number of benzene rings is 1. The molecule has 0 spiro atoms. The molecule has 0 saturated heterocycles. The average Bonchev–Trinajstić information content (AvgIpc) is 2.56. The molecule has 25 heavy (non-hydrogen) atoms.